The fraction of sp³-hybridized carbons (Fsp3) is 0.889. The fourth-order valence-electron chi connectivity index (χ4n) is 2.49. The van der Waals surface area contributed by atoms with Crippen LogP contribution in [0.2, 0.25) is 0 Å². The molecule has 0 aromatic heterocycles. The Morgan fingerprint density at radius 1 is 0.727 bits per heavy atom. The van der Waals surface area contributed by atoms with Crippen LogP contribution in [0, 0.1) is 0 Å². The molecular formula is C18H36NiO2P+. The van der Waals surface area contributed by atoms with Crippen molar-refractivity contribution in [3.63, 3.8) is 0 Å². The van der Waals surface area contributed by atoms with E-state index in [4.69, 9.17) is 4.89 Å². The summed E-state index contributed by atoms with van der Waals surface area (Å²) in [6, 6.07) is 0. The van der Waals surface area contributed by atoms with Gasteiger partial charge in [-0.25, -0.2) is 0 Å². The van der Waals surface area contributed by atoms with E-state index in [-0.39, 0.29) is 16.5 Å². The zero-order valence-corrected chi connectivity index (χ0v) is 16.3. The van der Waals surface area contributed by atoms with Crippen LogP contribution in [0.3, 0.4) is 0 Å². The summed E-state index contributed by atoms with van der Waals surface area (Å²) >= 11 is 0. The minimum atomic E-state index is -1.90. The van der Waals surface area contributed by atoms with Crippen molar-refractivity contribution in [2.24, 2.45) is 0 Å². The Balaban J connectivity index is 0. The monoisotopic (exact) mass is 373 g/mol. The van der Waals surface area contributed by atoms with E-state index < -0.39 is 8.03 Å². The molecule has 1 N–H and O–H groups in total. The average Bonchev–Trinajstić information content (AvgIpc) is 2.46. The van der Waals surface area contributed by atoms with Crippen molar-refractivity contribution in [2.75, 3.05) is 6.16 Å². The molecule has 0 fully saturated rings. The van der Waals surface area contributed by atoms with E-state index in [1.165, 1.54) is 77.0 Å². The largest absolute Gasteiger partial charge is 0.505 e. The Kier molecular flexibility index (Phi) is 23.8. The standard InChI is InChI=1S/C18H35O2P.Ni/c1-2-3-4-5-6-7-8-9-10-11-12-13-14-15-16-17-18-21(19)20;/h9-10H,2-8,11-18H2,1H3;/p+1/b10-9-;. The third kappa shape index (κ3) is 22.6. The number of hydrogen-bond donors (Lipinski definition) is 1. The number of rotatable bonds is 16. The van der Waals surface area contributed by atoms with Gasteiger partial charge in [-0.15, -0.1) is 0 Å². The van der Waals surface area contributed by atoms with Gasteiger partial charge in [0.15, 0.2) is 6.16 Å². The molecule has 22 heavy (non-hydrogen) atoms. The fourth-order valence-corrected chi connectivity index (χ4v) is 2.99. The molecule has 0 radical (unpaired) electrons. The number of allylic oxidation sites excluding steroid dienone is 2. The molecule has 0 saturated carbocycles. The zero-order valence-electron chi connectivity index (χ0n) is 14.4. The first-order chi connectivity index (χ1) is 10.3. The van der Waals surface area contributed by atoms with E-state index in [0.29, 0.717) is 6.16 Å². The first-order valence-corrected chi connectivity index (χ1v) is 10.5. The average molecular weight is 374 g/mol. The molecule has 0 aliphatic heterocycles. The van der Waals surface area contributed by atoms with Crippen LogP contribution in [0.5, 0.6) is 0 Å². The molecule has 0 spiro atoms. The van der Waals surface area contributed by atoms with Crippen LogP contribution in [0.4, 0.5) is 0 Å². The third-order valence-electron chi connectivity index (χ3n) is 3.86. The van der Waals surface area contributed by atoms with E-state index in [1.54, 1.807) is 0 Å². The molecule has 134 valence electrons. The number of unbranched alkanes of at least 4 members (excludes halogenated alkanes) is 12. The summed E-state index contributed by atoms with van der Waals surface area (Å²) in [5.41, 5.74) is 0. The molecule has 0 bridgehead atoms. The topological polar surface area (TPSA) is 37.3 Å². The molecule has 0 aliphatic rings. The summed E-state index contributed by atoms with van der Waals surface area (Å²) in [5.74, 6) is 0. The van der Waals surface area contributed by atoms with Crippen LogP contribution in [-0.2, 0) is 21.1 Å². The number of hydrogen-bond acceptors (Lipinski definition) is 1. The molecule has 0 aliphatic carbocycles. The summed E-state index contributed by atoms with van der Waals surface area (Å²) in [7, 11) is -1.90. The van der Waals surface area contributed by atoms with Gasteiger partial charge in [-0.3, -0.25) is 0 Å². The molecule has 1 unspecified atom stereocenters. The van der Waals surface area contributed by atoms with E-state index in [2.05, 4.69) is 19.1 Å². The molecule has 0 heterocycles. The van der Waals surface area contributed by atoms with Crippen LogP contribution in [0.25, 0.3) is 0 Å². The Labute approximate surface area is 149 Å². The summed E-state index contributed by atoms with van der Waals surface area (Å²) in [5, 5.41) is 0. The van der Waals surface area contributed by atoms with Gasteiger partial charge in [-0.05, 0) is 43.1 Å². The van der Waals surface area contributed by atoms with E-state index in [1.807, 2.05) is 0 Å². The molecular weight excluding hydrogens is 338 g/mol. The van der Waals surface area contributed by atoms with Gasteiger partial charge in [-0.2, -0.15) is 4.89 Å². The van der Waals surface area contributed by atoms with Crippen LogP contribution in [0.1, 0.15) is 96.8 Å². The van der Waals surface area contributed by atoms with Gasteiger partial charge in [0.05, 0.1) is 0 Å². The second kappa shape index (κ2) is 21.3. The molecule has 0 aromatic rings. The van der Waals surface area contributed by atoms with Crippen LogP contribution in [0.15, 0.2) is 12.2 Å². The summed E-state index contributed by atoms with van der Waals surface area (Å²) < 4.78 is 10.5. The van der Waals surface area contributed by atoms with Gasteiger partial charge in [0.1, 0.15) is 0 Å². The van der Waals surface area contributed by atoms with Gasteiger partial charge in [0.25, 0.3) is 0 Å². The van der Waals surface area contributed by atoms with Crippen molar-refractivity contribution >= 4 is 8.03 Å². The molecule has 2 nitrogen and oxygen atoms in total. The summed E-state index contributed by atoms with van der Waals surface area (Å²) in [4.78, 5) is 8.67. The summed E-state index contributed by atoms with van der Waals surface area (Å²) in [6.45, 7) is 2.26. The predicted octanol–water partition coefficient (Wildman–Crippen LogP) is 6.76. The maximum absolute atomic E-state index is 10.5. The SMILES string of the molecule is CCCCCCCC/C=C\CCCCCCCC[P+](=O)O.[Ni]. The van der Waals surface area contributed by atoms with Crippen molar-refractivity contribution < 1.29 is 25.9 Å². The Morgan fingerprint density at radius 2 is 1.14 bits per heavy atom. The van der Waals surface area contributed by atoms with E-state index in [9.17, 15) is 4.57 Å². The first-order valence-electron chi connectivity index (χ1n) is 9.06. The zero-order chi connectivity index (χ0) is 15.6. The normalized spacial score (nSPS) is 11.6. The van der Waals surface area contributed by atoms with Gasteiger partial charge in [0, 0.05) is 16.5 Å². The van der Waals surface area contributed by atoms with Gasteiger partial charge in [0.2, 0.25) is 0 Å². The quantitative estimate of drug-likeness (QED) is 0.140. The van der Waals surface area contributed by atoms with Crippen molar-refractivity contribution in [3.8, 4) is 0 Å². The molecule has 0 aromatic carbocycles. The molecule has 1 atom stereocenters. The van der Waals surface area contributed by atoms with Crippen molar-refractivity contribution in [2.45, 2.75) is 96.8 Å². The van der Waals surface area contributed by atoms with Gasteiger partial charge >= 0.3 is 8.03 Å². The van der Waals surface area contributed by atoms with Gasteiger partial charge in [-0.1, -0.05) is 70.4 Å². The second-order valence-corrected chi connectivity index (χ2v) is 7.17. The summed E-state index contributed by atoms with van der Waals surface area (Å²) in [6.07, 6.45) is 23.1. The van der Waals surface area contributed by atoms with Crippen molar-refractivity contribution in [3.05, 3.63) is 12.2 Å². The Bertz CT molecular complexity index is 257. The Morgan fingerprint density at radius 3 is 1.59 bits per heavy atom. The predicted molar refractivity (Wildman–Crippen MR) is 94.1 cm³/mol. The Hall–Kier alpha value is 0.294. The van der Waals surface area contributed by atoms with Gasteiger partial charge < -0.3 is 0 Å². The molecule has 0 rings (SSSR count). The third-order valence-corrected chi connectivity index (χ3v) is 4.56. The molecule has 4 heteroatoms. The van der Waals surface area contributed by atoms with Crippen LogP contribution in [-0.4, -0.2) is 11.1 Å². The van der Waals surface area contributed by atoms with Crippen molar-refractivity contribution in [1.82, 2.24) is 0 Å². The second-order valence-electron chi connectivity index (χ2n) is 6.01. The first kappa shape index (κ1) is 24.5. The van der Waals surface area contributed by atoms with Crippen LogP contribution >= 0.6 is 8.03 Å². The van der Waals surface area contributed by atoms with E-state index in [0.717, 1.165) is 12.8 Å². The maximum atomic E-state index is 10.5. The molecule has 0 amide bonds. The minimum Gasteiger partial charge on any atom is -0.161 e. The van der Waals surface area contributed by atoms with Crippen molar-refractivity contribution in [1.29, 1.82) is 0 Å². The van der Waals surface area contributed by atoms with E-state index >= 15 is 0 Å². The molecule has 0 saturated heterocycles. The minimum absolute atomic E-state index is 0. The maximum Gasteiger partial charge on any atom is 0.505 e. The van der Waals surface area contributed by atoms with Crippen LogP contribution < -0.4 is 0 Å². The smallest absolute Gasteiger partial charge is 0.161 e.